The predicted molar refractivity (Wildman–Crippen MR) is 53.7 cm³/mol. The number of hydrogen-bond acceptors (Lipinski definition) is 0. The molecule has 1 rings (SSSR count). The second-order valence-corrected chi connectivity index (χ2v) is 3.69. The van der Waals surface area contributed by atoms with Crippen molar-refractivity contribution >= 4 is 27.5 Å². The molecule has 0 aromatic heterocycles. The van der Waals surface area contributed by atoms with Gasteiger partial charge in [-0.05, 0) is 23.6 Å². The molecule has 2 heteroatoms. The molecule has 0 saturated carbocycles. The Morgan fingerprint density at radius 2 is 2.27 bits per heavy atom. The molecule has 1 unspecified atom stereocenters. The SMILES string of the molecule is CC(CBr)c1cccc(Cl)c1. The molecule has 0 aliphatic heterocycles. The summed E-state index contributed by atoms with van der Waals surface area (Å²) < 4.78 is 0. The minimum Gasteiger partial charge on any atom is -0.0922 e. The van der Waals surface area contributed by atoms with Crippen molar-refractivity contribution in [3.8, 4) is 0 Å². The van der Waals surface area contributed by atoms with Gasteiger partial charge in [0.15, 0.2) is 0 Å². The zero-order valence-corrected chi connectivity index (χ0v) is 8.69. The van der Waals surface area contributed by atoms with Crippen molar-refractivity contribution in [1.82, 2.24) is 0 Å². The summed E-state index contributed by atoms with van der Waals surface area (Å²) >= 11 is 9.26. The molecule has 11 heavy (non-hydrogen) atoms. The molecule has 60 valence electrons. The molecule has 0 fully saturated rings. The summed E-state index contributed by atoms with van der Waals surface area (Å²) in [6.45, 7) is 2.17. The maximum Gasteiger partial charge on any atom is 0.0408 e. The Morgan fingerprint density at radius 1 is 1.55 bits per heavy atom. The number of halogens is 2. The topological polar surface area (TPSA) is 0 Å². The van der Waals surface area contributed by atoms with Crippen LogP contribution in [-0.4, -0.2) is 5.33 Å². The highest BCUT2D eigenvalue weighted by molar-refractivity contribution is 9.09. The van der Waals surface area contributed by atoms with Gasteiger partial charge in [-0.3, -0.25) is 0 Å². The van der Waals surface area contributed by atoms with Crippen LogP contribution >= 0.6 is 27.5 Å². The Morgan fingerprint density at radius 3 is 2.82 bits per heavy atom. The van der Waals surface area contributed by atoms with Crippen molar-refractivity contribution in [2.45, 2.75) is 12.8 Å². The molecule has 0 radical (unpaired) electrons. The van der Waals surface area contributed by atoms with E-state index in [4.69, 9.17) is 11.6 Å². The highest BCUT2D eigenvalue weighted by Gasteiger charge is 2.02. The van der Waals surface area contributed by atoms with Crippen molar-refractivity contribution < 1.29 is 0 Å². The zero-order chi connectivity index (χ0) is 8.27. The lowest BCUT2D eigenvalue weighted by molar-refractivity contribution is 0.888. The standard InChI is InChI=1S/C9H10BrCl/c1-7(6-10)8-3-2-4-9(11)5-8/h2-5,7H,6H2,1H3. The van der Waals surface area contributed by atoms with Gasteiger partial charge in [0.2, 0.25) is 0 Å². The van der Waals surface area contributed by atoms with E-state index in [0.29, 0.717) is 5.92 Å². The summed E-state index contributed by atoms with van der Waals surface area (Å²) in [5, 5.41) is 1.79. The Labute approximate surface area is 80.7 Å². The molecular weight excluding hydrogens is 223 g/mol. The van der Waals surface area contributed by atoms with Crippen LogP contribution in [0.4, 0.5) is 0 Å². The Balaban J connectivity index is 2.86. The fourth-order valence-electron chi connectivity index (χ4n) is 0.902. The smallest absolute Gasteiger partial charge is 0.0408 e. The van der Waals surface area contributed by atoms with Crippen LogP contribution in [0.2, 0.25) is 5.02 Å². The van der Waals surface area contributed by atoms with Gasteiger partial charge in [-0.15, -0.1) is 0 Å². The van der Waals surface area contributed by atoms with E-state index in [0.717, 1.165) is 10.4 Å². The van der Waals surface area contributed by atoms with Crippen LogP contribution in [0.25, 0.3) is 0 Å². The van der Waals surface area contributed by atoms with Gasteiger partial charge in [0, 0.05) is 10.4 Å². The average molecular weight is 234 g/mol. The van der Waals surface area contributed by atoms with Crippen LogP contribution in [0.15, 0.2) is 24.3 Å². The lowest BCUT2D eigenvalue weighted by Gasteiger charge is -2.06. The van der Waals surface area contributed by atoms with E-state index in [2.05, 4.69) is 28.9 Å². The van der Waals surface area contributed by atoms with Crippen molar-refractivity contribution in [2.75, 3.05) is 5.33 Å². The first-order chi connectivity index (χ1) is 5.24. The van der Waals surface area contributed by atoms with E-state index in [1.165, 1.54) is 5.56 Å². The zero-order valence-electron chi connectivity index (χ0n) is 6.35. The van der Waals surface area contributed by atoms with Gasteiger partial charge < -0.3 is 0 Å². The van der Waals surface area contributed by atoms with E-state index in [9.17, 15) is 0 Å². The van der Waals surface area contributed by atoms with Crippen molar-refractivity contribution in [3.05, 3.63) is 34.9 Å². The molecular formula is C9H10BrCl. The monoisotopic (exact) mass is 232 g/mol. The van der Waals surface area contributed by atoms with Crippen LogP contribution in [0.1, 0.15) is 18.4 Å². The lowest BCUT2D eigenvalue weighted by atomic mass is 10.0. The van der Waals surface area contributed by atoms with Crippen LogP contribution in [0, 0.1) is 0 Å². The summed E-state index contributed by atoms with van der Waals surface area (Å²) in [4.78, 5) is 0. The Bertz CT molecular complexity index is 235. The maximum absolute atomic E-state index is 5.83. The highest BCUT2D eigenvalue weighted by atomic mass is 79.9. The van der Waals surface area contributed by atoms with E-state index in [1.54, 1.807) is 0 Å². The van der Waals surface area contributed by atoms with Gasteiger partial charge in [0.1, 0.15) is 0 Å². The predicted octanol–water partition coefficient (Wildman–Crippen LogP) is 3.84. The quantitative estimate of drug-likeness (QED) is 0.681. The van der Waals surface area contributed by atoms with Gasteiger partial charge in [0.25, 0.3) is 0 Å². The molecule has 0 nitrogen and oxygen atoms in total. The third-order valence-electron chi connectivity index (χ3n) is 1.65. The Kier molecular flexibility index (Phi) is 3.41. The van der Waals surface area contributed by atoms with Crippen LogP contribution < -0.4 is 0 Å². The fraction of sp³-hybridized carbons (Fsp3) is 0.333. The molecule has 0 saturated heterocycles. The first-order valence-electron chi connectivity index (χ1n) is 3.55. The molecule has 0 spiro atoms. The van der Waals surface area contributed by atoms with Crippen LogP contribution in [0.3, 0.4) is 0 Å². The van der Waals surface area contributed by atoms with Gasteiger partial charge in [-0.1, -0.05) is 46.6 Å². The molecule has 1 atom stereocenters. The number of rotatable bonds is 2. The number of benzene rings is 1. The Hall–Kier alpha value is -0.0100. The summed E-state index contributed by atoms with van der Waals surface area (Å²) in [7, 11) is 0. The minimum atomic E-state index is 0.536. The van der Waals surface area contributed by atoms with E-state index < -0.39 is 0 Å². The van der Waals surface area contributed by atoms with Crippen LogP contribution in [-0.2, 0) is 0 Å². The minimum absolute atomic E-state index is 0.536. The molecule has 1 aromatic rings. The normalized spacial score (nSPS) is 13.0. The van der Waals surface area contributed by atoms with Gasteiger partial charge in [0.05, 0.1) is 0 Å². The fourth-order valence-corrected chi connectivity index (χ4v) is 1.47. The third-order valence-corrected chi connectivity index (χ3v) is 2.86. The van der Waals surface area contributed by atoms with Gasteiger partial charge in [-0.25, -0.2) is 0 Å². The van der Waals surface area contributed by atoms with Gasteiger partial charge in [-0.2, -0.15) is 0 Å². The molecule has 0 heterocycles. The summed E-state index contributed by atoms with van der Waals surface area (Å²) in [5.74, 6) is 0.536. The first-order valence-corrected chi connectivity index (χ1v) is 5.05. The highest BCUT2D eigenvalue weighted by Crippen LogP contribution is 2.20. The first kappa shape index (κ1) is 9.08. The summed E-state index contributed by atoms with van der Waals surface area (Å²) in [6.07, 6.45) is 0. The van der Waals surface area contributed by atoms with Crippen molar-refractivity contribution in [1.29, 1.82) is 0 Å². The largest absolute Gasteiger partial charge is 0.0922 e. The van der Waals surface area contributed by atoms with E-state index in [1.807, 2.05) is 18.2 Å². The molecule has 0 amide bonds. The van der Waals surface area contributed by atoms with Crippen LogP contribution in [0.5, 0.6) is 0 Å². The molecule has 0 bridgehead atoms. The molecule has 0 aliphatic rings. The number of alkyl halides is 1. The summed E-state index contributed by atoms with van der Waals surface area (Å²) in [6, 6.07) is 7.98. The lowest BCUT2D eigenvalue weighted by Crippen LogP contribution is -1.92. The molecule has 0 aliphatic carbocycles. The summed E-state index contributed by atoms with van der Waals surface area (Å²) in [5.41, 5.74) is 1.29. The number of hydrogen-bond donors (Lipinski definition) is 0. The third kappa shape index (κ3) is 2.49. The van der Waals surface area contributed by atoms with E-state index >= 15 is 0 Å². The van der Waals surface area contributed by atoms with Crippen molar-refractivity contribution in [2.24, 2.45) is 0 Å². The molecule has 1 aromatic carbocycles. The van der Waals surface area contributed by atoms with Gasteiger partial charge >= 0.3 is 0 Å². The second kappa shape index (κ2) is 4.13. The van der Waals surface area contributed by atoms with Crippen molar-refractivity contribution in [3.63, 3.8) is 0 Å². The van der Waals surface area contributed by atoms with E-state index in [-0.39, 0.29) is 0 Å². The molecule has 0 N–H and O–H groups in total. The average Bonchev–Trinajstić information content (AvgIpc) is 2.03. The maximum atomic E-state index is 5.83. The second-order valence-electron chi connectivity index (χ2n) is 2.61.